The molecule has 0 aromatic heterocycles. The van der Waals surface area contributed by atoms with Gasteiger partial charge in [-0.3, -0.25) is 0 Å². The van der Waals surface area contributed by atoms with Crippen molar-refractivity contribution in [3.63, 3.8) is 0 Å². The predicted octanol–water partition coefficient (Wildman–Crippen LogP) is 4.75. The second-order valence-corrected chi connectivity index (χ2v) is 6.74. The van der Waals surface area contributed by atoms with Crippen LogP contribution in [-0.2, 0) is 0 Å². The van der Waals surface area contributed by atoms with Crippen LogP contribution in [0, 0.1) is 0 Å². The Morgan fingerprint density at radius 3 is 2.68 bits per heavy atom. The van der Waals surface area contributed by atoms with E-state index in [4.69, 9.17) is 0 Å². The normalized spacial score (nSPS) is 17.2. The van der Waals surface area contributed by atoms with Gasteiger partial charge in [-0.1, -0.05) is 44.5 Å². The second kappa shape index (κ2) is 7.96. The van der Waals surface area contributed by atoms with Crippen molar-refractivity contribution in [1.82, 2.24) is 5.32 Å². The molecule has 19 heavy (non-hydrogen) atoms. The van der Waals surface area contributed by atoms with Gasteiger partial charge in [-0.15, -0.1) is 0 Å². The van der Waals surface area contributed by atoms with E-state index in [1.807, 2.05) is 11.8 Å². The zero-order chi connectivity index (χ0) is 13.5. The summed E-state index contributed by atoms with van der Waals surface area (Å²) < 4.78 is 0. The monoisotopic (exact) mass is 277 g/mol. The highest BCUT2D eigenvalue weighted by molar-refractivity contribution is 7.99. The molecule has 1 aliphatic rings. The van der Waals surface area contributed by atoms with Gasteiger partial charge in [-0.25, -0.2) is 0 Å². The minimum Gasteiger partial charge on any atom is -0.309 e. The fourth-order valence-electron chi connectivity index (χ4n) is 2.73. The van der Waals surface area contributed by atoms with Crippen molar-refractivity contribution >= 4 is 11.8 Å². The molecule has 2 heteroatoms. The zero-order valence-electron chi connectivity index (χ0n) is 12.3. The van der Waals surface area contributed by atoms with Crippen LogP contribution in [-0.4, -0.2) is 18.1 Å². The molecule has 0 bridgehead atoms. The third-order valence-electron chi connectivity index (χ3n) is 4.05. The van der Waals surface area contributed by atoms with E-state index in [9.17, 15) is 0 Å². The lowest BCUT2D eigenvalue weighted by Crippen LogP contribution is -2.26. The van der Waals surface area contributed by atoms with Gasteiger partial charge in [0.2, 0.25) is 0 Å². The van der Waals surface area contributed by atoms with Crippen LogP contribution >= 0.6 is 11.8 Å². The first-order valence-corrected chi connectivity index (χ1v) is 8.92. The quantitative estimate of drug-likeness (QED) is 0.736. The third kappa shape index (κ3) is 4.00. The number of thioether (sulfide) groups is 1. The molecule has 0 saturated heterocycles. The Kier molecular flexibility index (Phi) is 6.25. The van der Waals surface area contributed by atoms with Crippen LogP contribution in [0.5, 0.6) is 0 Å². The summed E-state index contributed by atoms with van der Waals surface area (Å²) in [5.41, 5.74) is 3.17. The summed E-state index contributed by atoms with van der Waals surface area (Å²) in [5.74, 6) is 3.23. The molecule has 1 atom stereocenters. The number of benzene rings is 1. The smallest absolute Gasteiger partial charge is 0.0414 e. The number of nitrogens with one attached hydrogen (secondary N) is 1. The maximum absolute atomic E-state index is 3.74. The van der Waals surface area contributed by atoms with Crippen LogP contribution in [0.2, 0.25) is 0 Å². The first kappa shape index (κ1) is 14.9. The maximum Gasteiger partial charge on any atom is 0.0414 e. The van der Waals surface area contributed by atoms with Crippen molar-refractivity contribution in [2.75, 3.05) is 18.1 Å². The summed E-state index contributed by atoms with van der Waals surface area (Å²) in [6.07, 6.45) is 5.39. The summed E-state index contributed by atoms with van der Waals surface area (Å²) in [6, 6.07) is 9.64. The SMILES string of the molecule is CCCNC(CSCC)c1ccccc1C1CCC1. The Morgan fingerprint density at radius 2 is 2.05 bits per heavy atom. The molecular formula is C17H27NS. The zero-order valence-corrected chi connectivity index (χ0v) is 13.1. The molecular weight excluding hydrogens is 250 g/mol. The van der Waals surface area contributed by atoms with Crippen molar-refractivity contribution in [3.05, 3.63) is 35.4 Å². The Morgan fingerprint density at radius 1 is 1.26 bits per heavy atom. The van der Waals surface area contributed by atoms with Crippen LogP contribution in [0.3, 0.4) is 0 Å². The van der Waals surface area contributed by atoms with Gasteiger partial charge in [0.05, 0.1) is 0 Å². The topological polar surface area (TPSA) is 12.0 Å². The average molecular weight is 277 g/mol. The molecule has 1 N–H and O–H groups in total. The molecule has 0 spiro atoms. The average Bonchev–Trinajstić information content (AvgIpc) is 2.38. The first-order valence-electron chi connectivity index (χ1n) is 7.76. The Balaban J connectivity index is 2.13. The summed E-state index contributed by atoms with van der Waals surface area (Å²) in [5, 5.41) is 3.74. The van der Waals surface area contributed by atoms with Gasteiger partial charge in [0.1, 0.15) is 0 Å². The van der Waals surface area contributed by atoms with E-state index in [1.165, 1.54) is 37.2 Å². The van der Waals surface area contributed by atoms with Gasteiger partial charge in [0.15, 0.2) is 0 Å². The molecule has 0 aliphatic heterocycles. The minimum atomic E-state index is 0.529. The molecule has 106 valence electrons. The standard InChI is InChI=1S/C17H27NS/c1-3-12-18-17(13-19-4-2)16-11-6-5-10-15(16)14-8-7-9-14/h5-6,10-11,14,17-18H,3-4,7-9,12-13H2,1-2H3. The van der Waals surface area contributed by atoms with E-state index in [1.54, 1.807) is 11.1 Å². The minimum absolute atomic E-state index is 0.529. The molecule has 0 amide bonds. The largest absolute Gasteiger partial charge is 0.309 e. The highest BCUT2D eigenvalue weighted by atomic mass is 32.2. The Labute approximate surface area is 122 Å². The molecule has 0 radical (unpaired) electrons. The Hall–Kier alpha value is -0.470. The third-order valence-corrected chi connectivity index (χ3v) is 5.02. The van der Waals surface area contributed by atoms with E-state index in [2.05, 4.69) is 43.4 Å². The lowest BCUT2D eigenvalue weighted by Gasteiger charge is -2.31. The van der Waals surface area contributed by atoms with Crippen molar-refractivity contribution in [2.24, 2.45) is 0 Å². The fraction of sp³-hybridized carbons (Fsp3) is 0.647. The lowest BCUT2D eigenvalue weighted by atomic mass is 9.77. The van der Waals surface area contributed by atoms with Gasteiger partial charge in [-0.05, 0) is 48.6 Å². The van der Waals surface area contributed by atoms with Crippen LogP contribution in [0.15, 0.2) is 24.3 Å². The molecule has 2 rings (SSSR count). The van der Waals surface area contributed by atoms with Gasteiger partial charge < -0.3 is 5.32 Å². The van der Waals surface area contributed by atoms with Gasteiger partial charge in [0.25, 0.3) is 0 Å². The molecule has 1 aromatic rings. The lowest BCUT2D eigenvalue weighted by molar-refractivity contribution is 0.413. The number of hydrogen-bond donors (Lipinski definition) is 1. The van der Waals surface area contributed by atoms with E-state index in [-0.39, 0.29) is 0 Å². The highest BCUT2D eigenvalue weighted by Crippen LogP contribution is 2.39. The van der Waals surface area contributed by atoms with Crippen LogP contribution in [0.4, 0.5) is 0 Å². The second-order valence-electron chi connectivity index (χ2n) is 5.42. The first-order chi connectivity index (χ1) is 9.36. The molecule has 0 heterocycles. The van der Waals surface area contributed by atoms with E-state index < -0.39 is 0 Å². The number of rotatable bonds is 8. The van der Waals surface area contributed by atoms with Gasteiger partial charge >= 0.3 is 0 Å². The molecule has 1 aliphatic carbocycles. The maximum atomic E-state index is 3.74. The summed E-state index contributed by atoms with van der Waals surface area (Å²) in [7, 11) is 0. The van der Waals surface area contributed by atoms with Crippen LogP contribution in [0.25, 0.3) is 0 Å². The van der Waals surface area contributed by atoms with E-state index >= 15 is 0 Å². The fourth-order valence-corrected chi connectivity index (χ4v) is 3.50. The van der Waals surface area contributed by atoms with Crippen molar-refractivity contribution in [3.8, 4) is 0 Å². The van der Waals surface area contributed by atoms with Crippen LogP contribution in [0.1, 0.15) is 62.6 Å². The van der Waals surface area contributed by atoms with Crippen LogP contribution < -0.4 is 5.32 Å². The molecule has 1 nitrogen and oxygen atoms in total. The van der Waals surface area contributed by atoms with E-state index in [0.29, 0.717) is 6.04 Å². The van der Waals surface area contributed by atoms with Gasteiger partial charge in [0, 0.05) is 11.8 Å². The molecule has 1 fully saturated rings. The van der Waals surface area contributed by atoms with E-state index in [0.717, 1.165) is 12.5 Å². The summed E-state index contributed by atoms with van der Waals surface area (Å²) in [4.78, 5) is 0. The summed E-state index contributed by atoms with van der Waals surface area (Å²) >= 11 is 2.05. The summed E-state index contributed by atoms with van der Waals surface area (Å²) in [6.45, 7) is 5.61. The number of hydrogen-bond acceptors (Lipinski definition) is 2. The predicted molar refractivity (Wildman–Crippen MR) is 87.1 cm³/mol. The Bertz CT molecular complexity index is 365. The van der Waals surface area contributed by atoms with Crippen molar-refractivity contribution < 1.29 is 0 Å². The van der Waals surface area contributed by atoms with Crippen molar-refractivity contribution in [1.29, 1.82) is 0 Å². The van der Waals surface area contributed by atoms with Gasteiger partial charge in [-0.2, -0.15) is 11.8 Å². The molecule has 1 unspecified atom stereocenters. The highest BCUT2D eigenvalue weighted by Gasteiger charge is 2.24. The molecule has 1 aromatic carbocycles. The molecule has 1 saturated carbocycles. The van der Waals surface area contributed by atoms with Crippen molar-refractivity contribution in [2.45, 2.75) is 51.5 Å².